The predicted octanol–water partition coefficient (Wildman–Crippen LogP) is 6.79. The Hall–Kier alpha value is -2.33. The van der Waals surface area contributed by atoms with E-state index >= 15 is 0 Å². The van der Waals surface area contributed by atoms with Gasteiger partial charge in [0.25, 0.3) is 0 Å². The molecule has 25 heavy (non-hydrogen) atoms. The highest BCUT2D eigenvalue weighted by molar-refractivity contribution is 14.1. The van der Waals surface area contributed by atoms with Gasteiger partial charge in [0, 0.05) is 0 Å². The maximum Gasteiger partial charge on any atom is 0.133 e. The molecule has 0 amide bonds. The number of fused-ring (bicyclic) bond motifs is 1. The van der Waals surface area contributed by atoms with E-state index < -0.39 is 0 Å². The number of hydrogen-bond acceptors (Lipinski definition) is 1. The molecule has 0 N–H and O–H groups in total. The van der Waals surface area contributed by atoms with Crippen molar-refractivity contribution < 1.29 is 4.74 Å². The van der Waals surface area contributed by atoms with Crippen molar-refractivity contribution in [1.82, 2.24) is 0 Å². The third kappa shape index (κ3) is 3.02. The summed E-state index contributed by atoms with van der Waals surface area (Å²) in [6, 6.07) is 29.8. The molecule has 0 fully saturated rings. The van der Waals surface area contributed by atoms with E-state index in [2.05, 4.69) is 101 Å². The lowest BCUT2D eigenvalue weighted by atomic mass is 9.95. The van der Waals surface area contributed by atoms with Crippen LogP contribution in [0.25, 0.3) is 33.0 Å². The van der Waals surface area contributed by atoms with Crippen LogP contribution in [0, 0.1) is 3.57 Å². The number of halogens is 1. The second kappa shape index (κ2) is 6.89. The van der Waals surface area contributed by atoms with E-state index in [1.54, 1.807) is 7.11 Å². The van der Waals surface area contributed by atoms with Crippen molar-refractivity contribution in [3.8, 4) is 28.0 Å². The standard InChI is InChI=1S/C23H17IO/c1-25-22-15-18(16-8-3-2-4-9-16)14-21(23(22)24)20-13-7-11-17-10-5-6-12-19(17)20/h2-15H,1H3. The van der Waals surface area contributed by atoms with Gasteiger partial charge in [-0.2, -0.15) is 0 Å². The smallest absolute Gasteiger partial charge is 0.133 e. The average molecular weight is 436 g/mol. The van der Waals surface area contributed by atoms with Crippen LogP contribution in [-0.2, 0) is 0 Å². The van der Waals surface area contributed by atoms with E-state index in [4.69, 9.17) is 4.74 Å². The summed E-state index contributed by atoms with van der Waals surface area (Å²) < 4.78 is 6.81. The molecule has 0 unspecified atom stereocenters. The lowest BCUT2D eigenvalue weighted by molar-refractivity contribution is 0.412. The van der Waals surface area contributed by atoms with E-state index in [0.29, 0.717) is 0 Å². The van der Waals surface area contributed by atoms with Crippen molar-refractivity contribution >= 4 is 33.4 Å². The van der Waals surface area contributed by atoms with Gasteiger partial charge in [-0.1, -0.05) is 72.8 Å². The van der Waals surface area contributed by atoms with Gasteiger partial charge in [-0.05, 0) is 67.7 Å². The van der Waals surface area contributed by atoms with Gasteiger partial charge in [0.15, 0.2) is 0 Å². The Morgan fingerprint density at radius 2 is 1.40 bits per heavy atom. The summed E-state index contributed by atoms with van der Waals surface area (Å²) >= 11 is 2.39. The molecule has 4 aromatic carbocycles. The molecule has 0 aliphatic carbocycles. The highest BCUT2D eigenvalue weighted by Crippen LogP contribution is 2.39. The Kier molecular flexibility index (Phi) is 4.45. The van der Waals surface area contributed by atoms with Gasteiger partial charge >= 0.3 is 0 Å². The van der Waals surface area contributed by atoms with Gasteiger partial charge in [-0.15, -0.1) is 0 Å². The van der Waals surface area contributed by atoms with Gasteiger partial charge in [-0.3, -0.25) is 0 Å². The third-order valence-electron chi connectivity index (χ3n) is 4.45. The van der Waals surface area contributed by atoms with Crippen molar-refractivity contribution in [2.75, 3.05) is 7.11 Å². The van der Waals surface area contributed by atoms with Crippen molar-refractivity contribution in [3.05, 3.63) is 88.5 Å². The normalized spacial score (nSPS) is 10.8. The fourth-order valence-corrected chi connectivity index (χ4v) is 4.02. The monoisotopic (exact) mass is 436 g/mol. The Morgan fingerprint density at radius 1 is 0.680 bits per heavy atom. The van der Waals surface area contributed by atoms with E-state index in [1.165, 1.54) is 33.0 Å². The second-order valence-electron chi connectivity index (χ2n) is 5.93. The number of rotatable bonds is 3. The first-order chi connectivity index (χ1) is 12.3. The lowest BCUT2D eigenvalue weighted by Gasteiger charge is -2.15. The number of benzene rings is 4. The lowest BCUT2D eigenvalue weighted by Crippen LogP contribution is -1.93. The fourth-order valence-electron chi connectivity index (χ4n) is 3.20. The van der Waals surface area contributed by atoms with Crippen LogP contribution in [0.2, 0.25) is 0 Å². The average Bonchev–Trinajstić information content (AvgIpc) is 2.68. The Labute approximate surface area is 161 Å². The second-order valence-corrected chi connectivity index (χ2v) is 7.01. The Balaban J connectivity index is 2.00. The maximum absolute atomic E-state index is 5.67. The molecule has 4 rings (SSSR count). The quantitative estimate of drug-likeness (QED) is 0.322. The van der Waals surface area contributed by atoms with E-state index in [1.807, 2.05) is 6.07 Å². The summed E-state index contributed by atoms with van der Waals surface area (Å²) in [6.45, 7) is 0. The van der Waals surface area contributed by atoms with Crippen molar-refractivity contribution in [3.63, 3.8) is 0 Å². The summed E-state index contributed by atoms with van der Waals surface area (Å²) in [6.07, 6.45) is 0. The molecule has 0 saturated carbocycles. The minimum Gasteiger partial charge on any atom is -0.496 e. The molecule has 0 heterocycles. The molecule has 122 valence electrons. The zero-order valence-corrected chi connectivity index (χ0v) is 16.0. The molecule has 0 atom stereocenters. The summed E-state index contributed by atoms with van der Waals surface area (Å²) in [5, 5.41) is 2.51. The molecule has 0 saturated heterocycles. The Bertz CT molecular complexity index is 1030. The maximum atomic E-state index is 5.67. The molecular weight excluding hydrogens is 419 g/mol. The summed E-state index contributed by atoms with van der Waals surface area (Å²) in [5.74, 6) is 0.907. The van der Waals surface area contributed by atoms with Crippen LogP contribution < -0.4 is 4.74 Å². The number of methoxy groups -OCH3 is 1. The first-order valence-corrected chi connectivity index (χ1v) is 9.27. The van der Waals surface area contributed by atoms with Crippen molar-refractivity contribution in [2.24, 2.45) is 0 Å². The summed E-state index contributed by atoms with van der Waals surface area (Å²) in [7, 11) is 1.74. The van der Waals surface area contributed by atoms with Crippen molar-refractivity contribution in [1.29, 1.82) is 0 Å². The molecule has 0 radical (unpaired) electrons. The largest absolute Gasteiger partial charge is 0.496 e. The van der Waals surface area contributed by atoms with E-state index in [0.717, 1.165) is 9.32 Å². The van der Waals surface area contributed by atoms with Crippen molar-refractivity contribution in [2.45, 2.75) is 0 Å². The van der Waals surface area contributed by atoms with Gasteiger partial charge in [-0.25, -0.2) is 0 Å². The molecule has 4 aromatic rings. The molecule has 0 aliphatic rings. The van der Waals surface area contributed by atoms with Gasteiger partial charge in [0.05, 0.1) is 10.7 Å². The predicted molar refractivity (Wildman–Crippen MR) is 114 cm³/mol. The van der Waals surface area contributed by atoms with Crippen LogP contribution >= 0.6 is 22.6 Å². The molecule has 0 bridgehead atoms. The zero-order valence-electron chi connectivity index (χ0n) is 13.9. The first kappa shape index (κ1) is 16.2. The van der Waals surface area contributed by atoms with Crippen LogP contribution in [0.4, 0.5) is 0 Å². The Morgan fingerprint density at radius 3 is 2.20 bits per heavy atom. The fraction of sp³-hybridized carbons (Fsp3) is 0.0435. The first-order valence-electron chi connectivity index (χ1n) is 8.19. The number of ether oxygens (including phenoxy) is 1. The van der Waals surface area contributed by atoms with Crippen LogP contribution in [0.3, 0.4) is 0 Å². The van der Waals surface area contributed by atoms with Crippen LogP contribution in [0.1, 0.15) is 0 Å². The highest BCUT2D eigenvalue weighted by atomic mass is 127. The van der Waals surface area contributed by atoms with E-state index in [9.17, 15) is 0 Å². The minimum absolute atomic E-state index is 0.907. The van der Waals surface area contributed by atoms with E-state index in [-0.39, 0.29) is 0 Å². The molecule has 2 heteroatoms. The van der Waals surface area contributed by atoms with Crippen LogP contribution in [0.5, 0.6) is 5.75 Å². The molecule has 0 aromatic heterocycles. The zero-order chi connectivity index (χ0) is 17.2. The van der Waals surface area contributed by atoms with Gasteiger partial charge in [0.2, 0.25) is 0 Å². The minimum atomic E-state index is 0.907. The number of hydrogen-bond donors (Lipinski definition) is 0. The van der Waals surface area contributed by atoms with Gasteiger partial charge in [0.1, 0.15) is 5.75 Å². The molecular formula is C23H17IO. The molecule has 1 nitrogen and oxygen atoms in total. The summed E-state index contributed by atoms with van der Waals surface area (Å²) in [4.78, 5) is 0. The topological polar surface area (TPSA) is 9.23 Å². The molecule has 0 aliphatic heterocycles. The van der Waals surface area contributed by atoms with Crippen LogP contribution in [0.15, 0.2) is 84.9 Å². The SMILES string of the molecule is COc1cc(-c2ccccc2)cc(-c2cccc3ccccc23)c1I. The summed E-state index contributed by atoms with van der Waals surface area (Å²) in [5.41, 5.74) is 4.80. The van der Waals surface area contributed by atoms with Gasteiger partial charge < -0.3 is 4.74 Å². The molecule has 0 spiro atoms. The van der Waals surface area contributed by atoms with Crippen LogP contribution in [-0.4, -0.2) is 7.11 Å². The third-order valence-corrected chi connectivity index (χ3v) is 5.56. The highest BCUT2D eigenvalue weighted by Gasteiger charge is 2.14.